The third-order valence-electron chi connectivity index (χ3n) is 3.16. The molecule has 4 nitrogen and oxygen atoms in total. The van der Waals surface area contributed by atoms with Crippen molar-refractivity contribution in [3.63, 3.8) is 0 Å². The van der Waals surface area contributed by atoms with Crippen LogP contribution >= 0.6 is 0 Å². The minimum atomic E-state index is -0.806. The van der Waals surface area contributed by atoms with Crippen molar-refractivity contribution in [1.82, 2.24) is 4.90 Å². The van der Waals surface area contributed by atoms with Crippen molar-refractivity contribution in [2.24, 2.45) is 5.73 Å². The molecular weight excluding hydrogens is 156 g/mol. The zero-order chi connectivity index (χ0) is 8.98. The fraction of sp³-hybridized carbons (Fsp3) is 0.875. The van der Waals surface area contributed by atoms with Crippen LogP contribution in [0.5, 0.6) is 0 Å². The Kier molecular flexibility index (Phi) is 1.27. The molecule has 4 heteroatoms. The summed E-state index contributed by atoms with van der Waals surface area (Å²) < 4.78 is 0. The van der Waals surface area contributed by atoms with Gasteiger partial charge in [-0.1, -0.05) is 0 Å². The van der Waals surface area contributed by atoms with Crippen LogP contribution in [-0.2, 0) is 0 Å². The maximum atomic E-state index is 10.8. The maximum absolute atomic E-state index is 10.8. The highest BCUT2D eigenvalue weighted by Crippen LogP contribution is 2.61. The molecule has 0 aromatic heterocycles. The second-order valence-corrected chi connectivity index (χ2v) is 4.14. The normalized spacial score (nSPS) is 42.8. The number of amides is 1. The number of carboxylic acid groups (broad SMARTS) is 1. The molecule has 0 spiro atoms. The van der Waals surface area contributed by atoms with Crippen LogP contribution in [0.2, 0.25) is 0 Å². The van der Waals surface area contributed by atoms with E-state index in [-0.39, 0.29) is 11.1 Å². The van der Waals surface area contributed by atoms with E-state index in [1.165, 1.54) is 4.90 Å². The first kappa shape index (κ1) is 7.86. The molecule has 0 radical (unpaired) electrons. The molecule has 0 aromatic carbocycles. The summed E-state index contributed by atoms with van der Waals surface area (Å²) in [7, 11) is 0. The molecule has 3 aliphatic rings. The summed E-state index contributed by atoms with van der Waals surface area (Å²) in [4.78, 5) is 12.3. The molecule has 1 amide bonds. The number of hydrogen-bond acceptors (Lipinski definition) is 2. The van der Waals surface area contributed by atoms with Gasteiger partial charge in [0.1, 0.15) is 0 Å². The summed E-state index contributed by atoms with van der Waals surface area (Å²) in [6.45, 7) is 2.45. The van der Waals surface area contributed by atoms with Crippen LogP contribution in [0.1, 0.15) is 26.2 Å². The molecule has 12 heavy (non-hydrogen) atoms. The molecule has 68 valence electrons. The largest absolute Gasteiger partial charge is 0.465 e. The standard InChI is InChI=1S/C8H14N2O2/c1-2-10(6(11)12)8-3-7(9,4-8)5-8/h2-5,9H2,1H3,(H,11,12). The Morgan fingerprint density at radius 1 is 1.58 bits per heavy atom. The molecule has 3 saturated carbocycles. The van der Waals surface area contributed by atoms with Crippen molar-refractivity contribution in [3.8, 4) is 0 Å². The minimum Gasteiger partial charge on any atom is -0.465 e. The van der Waals surface area contributed by atoms with Gasteiger partial charge in [0, 0.05) is 12.1 Å². The fourth-order valence-electron chi connectivity index (χ4n) is 2.77. The summed E-state index contributed by atoms with van der Waals surface area (Å²) in [5, 5.41) is 8.87. The lowest BCUT2D eigenvalue weighted by Gasteiger charge is -2.71. The lowest BCUT2D eigenvalue weighted by Crippen LogP contribution is -2.82. The SMILES string of the molecule is CCN(C(=O)O)C12CC(N)(C1)C2. The van der Waals surface area contributed by atoms with Crippen molar-refractivity contribution >= 4 is 6.09 Å². The predicted octanol–water partition coefficient (Wildman–Crippen LogP) is 0.620. The van der Waals surface area contributed by atoms with Gasteiger partial charge in [0.2, 0.25) is 0 Å². The van der Waals surface area contributed by atoms with Crippen LogP contribution in [0.25, 0.3) is 0 Å². The Hall–Kier alpha value is -0.770. The van der Waals surface area contributed by atoms with Crippen molar-refractivity contribution in [1.29, 1.82) is 0 Å². The molecule has 3 fully saturated rings. The lowest BCUT2D eigenvalue weighted by molar-refractivity contribution is -0.145. The second kappa shape index (κ2) is 1.93. The van der Waals surface area contributed by atoms with E-state index < -0.39 is 6.09 Å². The first-order valence-electron chi connectivity index (χ1n) is 4.31. The van der Waals surface area contributed by atoms with Gasteiger partial charge in [0.05, 0.1) is 5.54 Å². The Balaban J connectivity index is 2.05. The van der Waals surface area contributed by atoms with Crippen molar-refractivity contribution in [3.05, 3.63) is 0 Å². The predicted molar refractivity (Wildman–Crippen MR) is 43.9 cm³/mol. The van der Waals surface area contributed by atoms with Crippen LogP contribution in [-0.4, -0.2) is 33.7 Å². The maximum Gasteiger partial charge on any atom is 0.407 e. The lowest BCUT2D eigenvalue weighted by atomic mass is 9.44. The smallest absolute Gasteiger partial charge is 0.407 e. The van der Waals surface area contributed by atoms with Gasteiger partial charge in [-0.3, -0.25) is 0 Å². The van der Waals surface area contributed by atoms with E-state index in [2.05, 4.69) is 0 Å². The van der Waals surface area contributed by atoms with Crippen molar-refractivity contribution < 1.29 is 9.90 Å². The van der Waals surface area contributed by atoms with E-state index in [4.69, 9.17) is 10.8 Å². The van der Waals surface area contributed by atoms with Crippen LogP contribution in [0.15, 0.2) is 0 Å². The molecule has 3 rings (SSSR count). The van der Waals surface area contributed by atoms with Gasteiger partial charge in [0.25, 0.3) is 0 Å². The van der Waals surface area contributed by atoms with E-state index in [9.17, 15) is 4.79 Å². The van der Waals surface area contributed by atoms with E-state index in [1.807, 2.05) is 6.92 Å². The zero-order valence-corrected chi connectivity index (χ0v) is 7.21. The number of nitrogens with zero attached hydrogens (tertiary/aromatic N) is 1. The van der Waals surface area contributed by atoms with E-state index in [1.54, 1.807) is 0 Å². The molecule has 3 aliphatic carbocycles. The van der Waals surface area contributed by atoms with Gasteiger partial charge in [-0.05, 0) is 26.2 Å². The summed E-state index contributed by atoms with van der Waals surface area (Å²) in [6, 6.07) is 0. The molecule has 0 aromatic rings. The third kappa shape index (κ3) is 0.732. The Labute approximate surface area is 71.3 Å². The average Bonchev–Trinajstić information content (AvgIpc) is 1.82. The number of nitrogens with two attached hydrogens (primary N) is 1. The van der Waals surface area contributed by atoms with E-state index >= 15 is 0 Å². The van der Waals surface area contributed by atoms with Gasteiger partial charge in [0.15, 0.2) is 0 Å². The van der Waals surface area contributed by atoms with Gasteiger partial charge in [-0.2, -0.15) is 0 Å². The van der Waals surface area contributed by atoms with Gasteiger partial charge < -0.3 is 15.7 Å². The quantitative estimate of drug-likeness (QED) is 0.638. The van der Waals surface area contributed by atoms with Gasteiger partial charge in [-0.15, -0.1) is 0 Å². The molecule has 0 aliphatic heterocycles. The highest BCUT2D eigenvalue weighted by molar-refractivity contribution is 5.67. The van der Waals surface area contributed by atoms with Crippen molar-refractivity contribution in [2.45, 2.75) is 37.3 Å². The second-order valence-electron chi connectivity index (χ2n) is 4.14. The van der Waals surface area contributed by atoms with Gasteiger partial charge in [-0.25, -0.2) is 4.79 Å². The first-order chi connectivity index (χ1) is 5.51. The molecule has 3 N–H and O–H groups in total. The van der Waals surface area contributed by atoms with E-state index in [0.717, 1.165) is 19.3 Å². The molecular formula is C8H14N2O2. The molecule has 0 saturated heterocycles. The highest BCUT2D eigenvalue weighted by Gasteiger charge is 2.69. The summed E-state index contributed by atoms with van der Waals surface area (Å²) >= 11 is 0. The third-order valence-corrected chi connectivity index (χ3v) is 3.16. The number of rotatable bonds is 2. The minimum absolute atomic E-state index is 0.0110. The first-order valence-corrected chi connectivity index (χ1v) is 4.31. The molecule has 2 bridgehead atoms. The Bertz CT molecular complexity index is 219. The van der Waals surface area contributed by atoms with Crippen LogP contribution < -0.4 is 5.73 Å². The topological polar surface area (TPSA) is 66.6 Å². The van der Waals surface area contributed by atoms with Gasteiger partial charge >= 0.3 is 6.09 Å². The molecule has 0 unspecified atom stereocenters. The fourth-order valence-corrected chi connectivity index (χ4v) is 2.77. The zero-order valence-electron chi connectivity index (χ0n) is 7.21. The average molecular weight is 170 g/mol. The van der Waals surface area contributed by atoms with Crippen molar-refractivity contribution in [2.75, 3.05) is 6.54 Å². The van der Waals surface area contributed by atoms with Crippen LogP contribution in [0.3, 0.4) is 0 Å². The summed E-state index contributed by atoms with van der Waals surface area (Å²) in [5.74, 6) is 0. The highest BCUT2D eigenvalue weighted by atomic mass is 16.4. The monoisotopic (exact) mass is 170 g/mol. The number of carbonyl (C=O) groups is 1. The Morgan fingerprint density at radius 2 is 2.08 bits per heavy atom. The molecule has 0 heterocycles. The van der Waals surface area contributed by atoms with Crippen LogP contribution in [0.4, 0.5) is 4.79 Å². The molecule has 0 atom stereocenters. The van der Waals surface area contributed by atoms with E-state index in [0.29, 0.717) is 6.54 Å². The van der Waals surface area contributed by atoms with Crippen LogP contribution in [0, 0.1) is 0 Å². The Morgan fingerprint density at radius 3 is 2.33 bits per heavy atom. The number of hydrogen-bond donors (Lipinski definition) is 2. The summed E-state index contributed by atoms with van der Waals surface area (Å²) in [6.07, 6.45) is 1.78. The summed E-state index contributed by atoms with van der Waals surface area (Å²) in [5.41, 5.74) is 5.76.